The highest BCUT2D eigenvalue weighted by Crippen LogP contribution is 2.38. The Morgan fingerprint density at radius 1 is 1.33 bits per heavy atom. The zero-order chi connectivity index (χ0) is 15.0. The van der Waals surface area contributed by atoms with Gasteiger partial charge in [-0.2, -0.15) is 0 Å². The van der Waals surface area contributed by atoms with Crippen molar-refractivity contribution >= 4 is 23.2 Å². The largest absolute Gasteiger partial charge is 0.508 e. The maximum atomic E-state index is 11.3. The van der Waals surface area contributed by atoms with Crippen LogP contribution in [0.15, 0.2) is 36.4 Å². The molecule has 4 N–H and O–H groups in total. The van der Waals surface area contributed by atoms with Crippen molar-refractivity contribution in [3.05, 3.63) is 58.1 Å². The van der Waals surface area contributed by atoms with Gasteiger partial charge in [0.15, 0.2) is 0 Å². The van der Waals surface area contributed by atoms with Gasteiger partial charge in [0.2, 0.25) is 5.91 Å². The van der Waals surface area contributed by atoms with E-state index in [-0.39, 0.29) is 6.04 Å². The average Bonchev–Trinajstić information content (AvgIpc) is 2.85. The number of carbonyl (C=O) groups is 1. The standard InChI is InChI=1S/C16H15ClN2O2/c17-13-6-4-9(8-12(13)16(18)21)19-14-7-5-11-10(14)2-1-3-15(11)20/h1-4,6,8,14,19-20H,5,7H2,(H2,18,21). The summed E-state index contributed by atoms with van der Waals surface area (Å²) in [5, 5.41) is 13.6. The first-order valence-corrected chi connectivity index (χ1v) is 7.10. The van der Waals surface area contributed by atoms with Crippen molar-refractivity contribution in [2.24, 2.45) is 5.73 Å². The molecule has 1 unspecified atom stereocenters. The summed E-state index contributed by atoms with van der Waals surface area (Å²) in [4.78, 5) is 11.3. The number of carbonyl (C=O) groups excluding carboxylic acids is 1. The van der Waals surface area contributed by atoms with Crippen LogP contribution in [0.4, 0.5) is 5.69 Å². The normalized spacial score (nSPS) is 16.5. The number of phenols is 1. The average molecular weight is 303 g/mol. The molecule has 2 aromatic rings. The number of nitrogens with two attached hydrogens (primary N) is 1. The first-order chi connectivity index (χ1) is 10.1. The number of hydrogen-bond acceptors (Lipinski definition) is 3. The zero-order valence-electron chi connectivity index (χ0n) is 11.3. The molecule has 4 nitrogen and oxygen atoms in total. The monoisotopic (exact) mass is 302 g/mol. The lowest BCUT2D eigenvalue weighted by Gasteiger charge is -2.16. The summed E-state index contributed by atoms with van der Waals surface area (Å²) in [7, 11) is 0. The maximum absolute atomic E-state index is 11.3. The van der Waals surface area contributed by atoms with Crippen LogP contribution >= 0.6 is 11.6 Å². The van der Waals surface area contributed by atoms with Crippen molar-refractivity contribution in [3.63, 3.8) is 0 Å². The third kappa shape index (κ3) is 2.54. The molecule has 0 heterocycles. The third-order valence-electron chi connectivity index (χ3n) is 3.82. The molecule has 0 saturated heterocycles. The molecule has 1 aliphatic rings. The summed E-state index contributed by atoms with van der Waals surface area (Å²) in [5.74, 6) is -0.209. The van der Waals surface area contributed by atoms with Crippen LogP contribution in [0.25, 0.3) is 0 Å². The van der Waals surface area contributed by atoms with Crippen molar-refractivity contribution in [1.29, 1.82) is 0 Å². The minimum atomic E-state index is -0.548. The molecule has 0 spiro atoms. The number of primary amides is 1. The fourth-order valence-electron chi connectivity index (χ4n) is 2.79. The van der Waals surface area contributed by atoms with E-state index in [0.717, 1.165) is 29.7 Å². The van der Waals surface area contributed by atoms with Crippen LogP contribution in [0.5, 0.6) is 5.75 Å². The summed E-state index contributed by atoms with van der Waals surface area (Å²) < 4.78 is 0. The number of nitrogens with one attached hydrogen (secondary N) is 1. The second kappa shape index (κ2) is 5.30. The van der Waals surface area contributed by atoms with Gasteiger partial charge in [-0.25, -0.2) is 0 Å². The summed E-state index contributed by atoms with van der Waals surface area (Å²) >= 11 is 5.95. The van der Waals surface area contributed by atoms with Gasteiger partial charge in [0.25, 0.3) is 0 Å². The van der Waals surface area contributed by atoms with Crippen LogP contribution in [0, 0.1) is 0 Å². The van der Waals surface area contributed by atoms with Crippen LogP contribution in [0.1, 0.15) is 33.9 Å². The minimum absolute atomic E-state index is 0.106. The van der Waals surface area contributed by atoms with E-state index in [9.17, 15) is 9.90 Å². The highest BCUT2D eigenvalue weighted by Gasteiger charge is 2.24. The Kier molecular flexibility index (Phi) is 3.47. The molecule has 2 aromatic carbocycles. The number of anilines is 1. The summed E-state index contributed by atoms with van der Waals surface area (Å²) in [6.45, 7) is 0. The summed E-state index contributed by atoms with van der Waals surface area (Å²) in [6, 6.07) is 10.8. The number of aromatic hydroxyl groups is 1. The van der Waals surface area contributed by atoms with Crippen molar-refractivity contribution in [2.45, 2.75) is 18.9 Å². The SMILES string of the molecule is NC(=O)c1cc(NC2CCc3c(O)cccc32)ccc1Cl. The summed E-state index contributed by atoms with van der Waals surface area (Å²) in [6.07, 6.45) is 1.72. The Labute approximate surface area is 127 Å². The molecule has 1 amide bonds. The molecule has 0 bridgehead atoms. The van der Waals surface area contributed by atoms with E-state index < -0.39 is 5.91 Å². The molecule has 5 heteroatoms. The van der Waals surface area contributed by atoms with E-state index in [1.807, 2.05) is 18.2 Å². The number of fused-ring (bicyclic) bond motifs is 1. The smallest absolute Gasteiger partial charge is 0.250 e. The van der Waals surface area contributed by atoms with Gasteiger partial charge in [-0.15, -0.1) is 0 Å². The Balaban J connectivity index is 1.88. The molecule has 1 aliphatic carbocycles. The maximum Gasteiger partial charge on any atom is 0.250 e. The van der Waals surface area contributed by atoms with Crippen molar-refractivity contribution in [3.8, 4) is 5.75 Å². The van der Waals surface area contributed by atoms with Gasteiger partial charge in [-0.3, -0.25) is 4.79 Å². The molecule has 0 fully saturated rings. The highest BCUT2D eigenvalue weighted by atomic mass is 35.5. The summed E-state index contributed by atoms with van der Waals surface area (Å²) in [5.41, 5.74) is 8.47. The molecule has 0 aliphatic heterocycles. The Morgan fingerprint density at radius 3 is 2.90 bits per heavy atom. The van der Waals surface area contributed by atoms with Gasteiger partial charge in [-0.05, 0) is 48.2 Å². The van der Waals surface area contributed by atoms with Crippen molar-refractivity contribution in [2.75, 3.05) is 5.32 Å². The van der Waals surface area contributed by atoms with Crippen LogP contribution < -0.4 is 11.1 Å². The number of rotatable bonds is 3. The van der Waals surface area contributed by atoms with Gasteiger partial charge in [0.1, 0.15) is 5.75 Å². The van der Waals surface area contributed by atoms with E-state index in [0.29, 0.717) is 16.3 Å². The highest BCUT2D eigenvalue weighted by molar-refractivity contribution is 6.33. The minimum Gasteiger partial charge on any atom is -0.508 e. The van der Waals surface area contributed by atoms with Crippen LogP contribution in [0.3, 0.4) is 0 Å². The number of benzene rings is 2. The van der Waals surface area contributed by atoms with Gasteiger partial charge >= 0.3 is 0 Å². The molecule has 0 radical (unpaired) electrons. The second-order valence-corrected chi connectivity index (χ2v) is 5.55. The van der Waals surface area contributed by atoms with E-state index in [1.165, 1.54) is 0 Å². The number of phenolic OH excluding ortho intramolecular Hbond substituents is 1. The number of amides is 1. The Hall–Kier alpha value is -2.20. The van der Waals surface area contributed by atoms with Crippen LogP contribution in [-0.2, 0) is 6.42 Å². The predicted molar refractivity (Wildman–Crippen MR) is 82.8 cm³/mol. The third-order valence-corrected chi connectivity index (χ3v) is 4.15. The molecule has 0 saturated carbocycles. The Bertz CT molecular complexity index is 715. The van der Waals surface area contributed by atoms with E-state index in [4.69, 9.17) is 17.3 Å². The Morgan fingerprint density at radius 2 is 2.14 bits per heavy atom. The fraction of sp³-hybridized carbons (Fsp3) is 0.188. The van der Waals surface area contributed by atoms with Gasteiger partial charge in [-0.1, -0.05) is 23.7 Å². The van der Waals surface area contributed by atoms with Gasteiger partial charge in [0, 0.05) is 5.69 Å². The van der Waals surface area contributed by atoms with E-state index in [2.05, 4.69) is 5.32 Å². The quantitative estimate of drug-likeness (QED) is 0.814. The van der Waals surface area contributed by atoms with E-state index in [1.54, 1.807) is 18.2 Å². The molecule has 3 rings (SSSR count). The van der Waals surface area contributed by atoms with Gasteiger partial charge < -0.3 is 16.2 Å². The van der Waals surface area contributed by atoms with Crippen molar-refractivity contribution in [1.82, 2.24) is 0 Å². The number of hydrogen-bond donors (Lipinski definition) is 3. The topological polar surface area (TPSA) is 75.4 Å². The predicted octanol–water partition coefficient (Wildman–Crippen LogP) is 3.24. The molecule has 21 heavy (non-hydrogen) atoms. The van der Waals surface area contributed by atoms with Gasteiger partial charge in [0.05, 0.1) is 16.6 Å². The van der Waals surface area contributed by atoms with E-state index >= 15 is 0 Å². The van der Waals surface area contributed by atoms with Crippen LogP contribution in [-0.4, -0.2) is 11.0 Å². The molecular weight excluding hydrogens is 288 g/mol. The lowest BCUT2D eigenvalue weighted by Crippen LogP contribution is -2.13. The first-order valence-electron chi connectivity index (χ1n) is 6.73. The first kappa shape index (κ1) is 13.8. The molecule has 108 valence electrons. The molecule has 1 atom stereocenters. The second-order valence-electron chi connectivity index (χ2n) is 5.14. The molecule has 0 aromatic heterocycles. The fourth-order valence-corrected chi connectivity index (χ4v) is 3.00. The molecular formula is C16H15ClN2O2. The lowest BCUT2D eigenvalue weighted by molar-refractivity contribution is 0.100. The van der Waals surface area contributed by atoms with Crippen LogP contribution in [0.2, 0.25) is 5.02 Å². The van der Waals surface area contributed by atoms with Crippen molar-refractivity contribution < 1.29 is 9.90 Å². The lowest BCUT2D eigenvalue weighted by atomic mass is 10.1. The zero-order valence-corrected chi connectivity index (χ0v) is 12.0. The number of halogens is 1.